The third kappa shape index (κ3) is 5.66. The summed E-state index contributed by atoms with van der Waals surface area (Å²) >= 11 is 12.2. The lowest BCUT2D eigenvalue weighted by atomic mass is 10.2. The van der Waals surface area contributed by atoms with Gasteiger partial charge in [-0.1, -0.05) is 53.6 Å². The minimum atomic E-state index is 0.289. The molecule has 7 heteroatoms. The van der Waals surface area contributed by atoms with E-state index in [1.54, 1.807) is 25.3 Å². The van der Waals surface area contributed by atoms with Crippen molar-refractivity contribution in [1.29, 1.82) is 0 Å². The monoisotopic (exact) mass is 496 g/mol. The first-order valence-corrected chi connectivity index (χ1v) is 11.8. The number of benzene rings is 3. The molecule has 0 unspecified atom stereocenters. The van der Waals surface area contributed by atoms with E-state index in [1.165, 1.54) is 0 Å². The van der Waals surface area contributed by atoms with Gasteiger partial charge in [0, 0.05) is 11.6 Å². The van der Waals surface area contributed by atoms with Crippen LogP contribution in [0.2, 0.25) is 10.0 Å². The van der Waals surface area contributed by atoms with Crippen molar-refractivity contribution in [2.45, 2.75) is 26.5 Å². The number of allylic oxidation sites excluding steroid dienone is 1. The first-order valence-electron chi connectivity index (χ1n) is 11.0. The van der Waals surface area contributed by atoms with Crippen LogP contribution >= 0.6 is 23.2 Å². The van der Waals surface area contributed by atoms with Gasteiger partial charge in [0.1, 0.15) is 18.2 Å². The number of nitrogens with zero attached hydrogens (tertiary/aromatic N) is 2. The molecule has 0 radical (unpaired) electrons. The Balaban J connectivity index is 1.44. The largest absolute Gasteiger partial charge is 0.493 e. The Morgan fingerprint density at radius 3 is 2.56 bits per heavy atom. The maximum absolute atomic E-state index is 6.26. The van der Waals surface area contributed by atoms with Crippen molar-refractivity contribution in [2.75, 3.05) is 13.7 Å². The van der Waals surface area contributed by atoms with Crippen LogP contribution in [0.25, 0.3) is 17.1 Å². The highest BCUT2D eigenvalue weighted by molar-refractivity contribution is 6.35. The van der Waals surface area contributed by atoms with Gasteiger partial charge in [0.2, 0.25) is 0 Å². The van der Waals surface area contributed by atoms with Gasteiger partial charge in [-0.3, -0.25) is 0 Å². The number of hydrogen-bond donors (Lipinski definition) is 0. The Morgan fingerprint density at radius 2 is 1.76 bits per heavy atom. The molecule has 0 bridgehead atoms. The fourth-order valence-corrected chi connectivity index (χ4v) is 4.19. The molecular weight excluding hydrogens is 471 g/mol. The molecule has 0 N–H and O–H groups in total. The van der Waals surface area contributed by atoms with Crippen LogP contribution in [0.4, 0.5) is 0 Å². The SMILES string of the molecule is C/C=C/c1ccc(OCCCn2c(COc3ccc(Cl)cc3Cl)nc3ccccc32)c(OC)c1. The lowest BCUT2D eigenvalue weighted by Crippen LogP contribution is -2.10. The number of fused-ring (bicyclic) bond motifs is 1. The summed E-state index contributed by atoms with van der Waals surface area (Å²) in [6.07, 6.45) is 4.80. The van der Waals surface area contributed by atoms with Crippen molar-refractivity contribution >= 4 is 40.3 Å². The lowest BCUT2D eigenvalue weighted by molar-refractivity contribution is 0.273. The molecule has 0 saturated carbocycles. The fraction of sp³-hybridized carbons (Fsp3) is 0.222. The van der Waals surface area contributed by atoms with Gasteiger partial charge >= 0.3 is 0 Å². The van der Waals surface area contributed by atoms with E-state index in [-0.39, 0.29) is 6.61 Å². The van der Waals surface area contributed by atoms with Gasteiger partial charge in [-0.2, -0.15) is 0 Å². The number of ether oxygens (including phenoxy) is 3. The smallest absolute Gasteiger partial charge is 0.161 e. The minimum Gasteiger partial charge on any atom is -0.493 e. The Kier molecular flexibility index (Phi) is 7.99. The van der Waals surface area contributed by atoms with Gasteiger partial charge < -0.3 is 18.8 Å². The highest BCUT2D eigenvalue weighted by Crippen LogP contribution is 2.30. The Labute approximate surface area is 209 Å². The van der Waals surface area contributed by atoms with E-state index >= 15 is 0 Å². The van der Waals surface area contributed by atoms with Crippen LogP contribution in [0, 0.1) is 0 Å². The molecule has 3 aromatic carbocycles. The molecule has 1 aromatic heterocycles. The minimum absolute atomic E-state index is 0.289. The van der Waals surface area contributed by atoms with E-state index in [1.807, 2.05) is 55.5 Å². The van der Waals surface area contributed by atoms with E-state index in [4.69, 9.17) is 42.4 Å². The predicted octanol–water partition coefficient (Wildman–Crippen LogP) is 7.43. The average Bonchev–Trinajstić information content (AvgIpc) is 3.19. The normalized spacial score (nSPS) is 11.3. The van der Waals surface area contributed by atoms with E-state index < -0.39 is 0 Å². The number of methoxy groups -OCH3 is 1. The number of hydrogen-bond acceptors (Lipinski definition) is 4. The predicted molar refractivity (Wildman–Crippen MR) is 138 cm³/mol. The molecule has 0 aliphatic carbocycles. The highest BCUT2D eigenvalue weighted by Gasteiger charge is 2.13. The van der Waals surface area contributed by atoms with E-state index in [0.717, 1.165) is 46.9 Å². The van der Waals surface area contributed by atoms with E-state index in [0.29, 0.717) is 22.4 Å². The summed E-state index contributed by atoms with van der Waals surface area (Å²) < 4.78 is 19.6. The lowest BCUT2D eigenvalue weighted by Gasteiger charge is -2.13. The summed E-state index contributed by atoms with van der Waals surface area (Å²) in [5.74, 6) is 2.84. The summed E-state index contributed by atoms with van der Waals surface area (Å²) in [5.41, 5.74) is 3.05. The summed E-state index contributed by atoms with van der Waals surface area (Å²) in [6.45, 7) is 3.54. The zero-order chi connectivity index (χ0) is 23.9. The summed E-state index contributed by atoms with van der Waals surface area (Å²) in [7, 11) is 1.65. The second-order valence-corrected chi connectivity index (χ2v) is 8.49. The molecule has 4 aromatic rings. The highest BCUT2D eigenvalue weighted by atomic mass is 35.5. The maximum Gasteiger partial charge on any atom is 0.161 e. The zero-order valence-electron chi connectivity index (χ0n) is 19.1. The molecule has 176 valence electrons. The number of aryl methyl sites for hydroxylation is 1. The maximum atomic E-state index is 6.26. The Bertz CT molecular complexity index is 1300. The molecule has 0 aliphatic heterocycles. The number of aromatic nitrogens is 2. The van der Waals surface area contributed by atoms with E-state index in [9.17, 15) is 0 Å². The van der Waals surface area contributed by atoms with Crippen molar-refractivity contribution in [3.63, 3.8) is 0 Å². The quantitative estimate of drug-likeness (QED) is 0.214. The molecule has 0 aliphatic rings. The van der Waals surface area contributed by atoms with Crippen LogP contribution in [0.15, 0.2) is 66.7 Å². The Hall–Kier alpha value is -3.15. The molecule has 0 spiro atoms. The topological polar surface area (TPSA) is 45.5 Å². The second kappa shape index (κ2) is 11.3. The van der Waals surface area contributed by atoms with Gasteiger partial charge in [-0.15, -0.1) is 0 Å². The molecule has 0 fully saturated rings. The summed E-state index contributed by atoms with van der Waals surface area (Å²) in [4.78, 5) is 4.77. The number of rotatable bonds is 10. The first-order chi connectivity index (χ1) is 16.6. The fourth-order valence-electron chi connectivity index (χ4n) is 3.72. The van der Waals surface area contributed by atoms with Crippen molar-refractivity contribution in [2.24, 2.45) is 0 Å². The van der Waals surface area contributed by atoms with Crippen LogP contribution in [0.5, 0.6) is 17.2 Å². The molecule has 0 atom stereocenters. The number of imidazole rings is 1. The van der Waals surface area contributed by atoms with Crippen LogP contribution in [-0.4, -0.2) is 23.3 Å². The molecule has 34 heavy (non-hydrogen) atoms. The third-order valence-electron chi connectivity index (χ3n) is 5.31. The Morgan fingerprint density at radius 1 is 0.941 bits per heavy atom. The van der Waals surface area contributed by atoms with Gasteiger partial charge in [0.05, 0.1) is 29.8 Å². The zero-order valence-corrected chi connectivity index (χ0v) is 20.6. The summed E-state index contributed by atoms with van der Waals surface area (Å²) in [6, 6.07) is 19.1. The molecule has 5 nitrogen and oxygen atoms in total. The first kappa shape index (κ1) is 24.0. The standard InChI is InChI=1S/C27H26Cl2N2O3/c1-3-7-19-10-12-25(26(16-19)32-2)33-15-6-14-31-23-9-5-4-8-22(23)30-27(31)18-34-24-13-11-20(28)17-21(24)29/h3-5,7-13,16-17H,6,14-15,18H2,1-2H3/b7-3+. The van der Waals surface area contributed by atoms with Crippen LogP contribution in [0.1, 0.15) is 24.7 Å². The van der Waals surface area contributed by atoms with Crippen LogP contribution in [-0.2, 0) is 13.2 Å². The van der Waals surface area contributed by atoms with E-state index in [2.05, 4.69) is 10.6 Å². The van der Waals surface area contributed by atoms with Gasteiger partial charge in [-0.25, -0.2) is 4.98 Å². The third-order valence-corrected chi connectivity index (χ3v) is 5.85. The number of para-hydroxylation sites is 2. The molecular formula is C27H26Cl2N2O3. The van der Waals surface area contributed by atoms with Crippen LogP contribution in [0.3, 0.4) is 0 Å². The molecule has 0 saturated heterocycles. The van der Waals surface area contributed by atoms with Gasteiger partial charge in [-0.05, 0) is 61.4 Å². The van der Waals surface area contributed by atoms with Crippen molar-refractivity contribution in [1.82, 2.24) is 9.55 Å². The molecule has 0 amide bonds. The molecule has 1 heterocycles. The van der Waals surface area contributed by atoms with Crippen molar-refractivity contribution < 1.29 is 14.2 Å². The van der Waals surface area contributed by atoms with Crippen LogP contribution < -0.4 is 14.2 Å². The second-order valence-electron chi connectivity index (χ2n) is 7.64. The van der Waals surface area contributed by atoms with Gasteiger partial charge in [0.15, 0.2) is 11.5 Å². The molecule has 4 rings (SSSR count). The summed E-state index contributed by atoms with van der Waals surface area (Å²) in [5, 5.41) is 1.04. The van der Waals surface area contributed by atoms with Crippen molar-refractivity contribution in [3.8, 4) is 17.2 Å². The van der Waals surface area contributed by atoms with Gasteiger partial charge in [0.25, 0.3) is 0 Å². The van der Waals surface area contributed by atoms with Crippen molar-refractivity contribution in [3.05, 3.63) is 88.2 Å². The average molecular weight is 497 g/mol. The number of halogens is 2.